The van der Waals surface area contributed by atoms with Gasteiger partial charge in [0.1, 0.15) is 12.0 Å². The molecule has 2 rings (SSSR count). The Hall–Kier alpha value is -1.52. The second kappa shape index (κ2) is 2.00. The van der Waals surface area contributed by atoms with Gasteiger partial charge in [-0.3, -0.25) is 4.79 Å². The van der Waals surface area contributed by atoms with Gasteiger partial charge in [0, 0.05) is 0 Å². The van der Waals surface area contributed by atoms with Crippen molar-refractivity contribution in [3.63, 3.8) is 0 Å². The number of hydrogen-bond donors (Lipinski definition) is 1. The molecule has 0 saturated heterocycles. The molecule has 0 radical (unpaired) electrons. The summed E-state index contributed by atoms with van der Waals surface area (Å²) >= 11 is 0. The van der Waals surface area contributed by atoms with E-state index >= 15 is 0 Å². The van der Waals surface area contributed by atoms with Gasteiger partial charge >= 0.3 is 0 Å². The topological polar surface area (TPSA) is 67.8 Å². The summed E-state index contributed by atoms with van der Waals surface area (Å²) in [4.78, 5) is 15.2. The molecule has 1 N–H and O–H groups in total. The molecular weight excluding hydrogens is 156 g/mol. The molecule has 2 heterocycles. The zero-order chi connectivity index (χ0) is 8.77. The maximum absolute atomic E-state index is 11.3. The summed E-state index contributed by atoms with van der Waals surface area (Å²) in [5.74, 6) is 0.450. The molecule has 0 saturated carbocycles. The maximum atomic E-state index is 11.3. The van der Waals surface area contributed by atoms with Gasteiger partial charge in [0.25, 0.3) is 0 Å². The number of amides is 1. The highest BCUT2D eigenvalue weighted by Crippen LogP contribution is 2.32. The third-order valence-corrected chi connectivity index (χ3v) is 2.01. The van der Waals surface area contributed by atoms with E-state index in [0.29, 0.717) is 11.5 Å². The van der Waals surface area contributed by atoms with Crippen molar-refractivity contribution in [2.45, 2.75) is 19.3 Å². The van der Waals surface area contributed by atoms with Gasteiger partial charge in [0.2, 0.25) is 5.91 Å². The zero-order valence-corrected chi connectivity index (χ0v) is 6.83. The third-order valence-electron chi connectivity index (χ3n) is 2.01. The van der Waals surface area contributed by atoms with E-state index in [1.807, 2.05) is 0 Å². The van der Waals surface area contributed by atoms with Crippen molar-refractivity contribution >= 4 is 11.7 Å². The number of carbonyl (C=O) groups is 1. The predicted octanol–water partition coefficient (Wildman–Crippen LogP) is 0.101. The summed E-state index contributed by atoms with van der Waals surface area (Å²) in [5.41, 5.74) is 0.0198. The van der Waals surface area contributed by atoms with E-state index in [4.69, 9.17) is 0 Å². The zero-order valence-electron chi connectivity index (χ0n) is 6.83. The van der Waals surface area contributed by atoms with Crippen LogP contribution in [0.2, 0.25) is 0 Å². The quantitative estimate of drug-likeness (QED) is 0.590. The molecule has 0 unspecified atom stereocenters. The lowest BCUT2D eigenvalue weighted by molar-refractivity contribution is -0.119. The van der Waals surface area contributed by atoms with Crippen LogP contribution in [0.3, 0.4) is 0 Å². The number of carbonyl (C=O) groups excluding carboxylic acids is 1. The minimum atomic E-state index is -0.601. The lowest BCUT2D eigenvalue weighted by Crippen LogP contribution is -2.27. The van der Waals surface area contributed by atoms with Crippen LogP contribution in [0.15, 0.2) is 6.33 Å². The molecule has 0 spiro atoms. The molecule has 1 amide bonds. The van der Waals surface area contributed by atoms with Crippen LogP contribution in [0.25, 0.3) is 0 Å². The Balaban J connectivity index is 2.63. The fourth-order valence-electron chi connectivity index (χ4n) is 1.16. The van der Waals surface area contributed by atoms with Gasteiger partial charge in [0.05, 0.1) is 5.41 Å². The van der Waals surface area contributed by atoms with Crippen LogP contribution in [0.4, 0.5) is 5.82 Å². The molecule has 12 heavy (non-hydrogen) atoms. The van der Waals surface area contributed by atoms with E-state index in [1.54, 1.807) is 13.8 Å². The number of rotatable bonds is 0. The molecule has 0 atom stereocenters. The van der Waals surface area contributed by atoms with Crippen molar-refractivity contribution in [3.05, 3.63) is 12.0 Å². The van der Waals surface area contributed by atoms with Gasteiger partial charge in [-0.2, -0.15) is 0 Å². The predicted molar refractivity (Wildman–Crippen MR) is 41.5 cm³/mol. The molecule has 62 valence electrons. The average molecular weight is 164 g/mol. The lowest BCUT2D eigenvalue weighted by Gasteiger charge is -2.11. The minimum absolute atomic E-state index is 0.0782. The minimum Gasteiger partial charge on any atom is -0.308 e. The third kappa shape index (κ3) is 0.731. The van der Waals surface area contributed by atoms with Crippen LogP contribution in [-0.2, 0) is 10.2 Å². The molecule has 0 aromatic carbocycles. The van der Waals surface area contributed by atoms with Crippen molar-refractivity contribution in [2.75, 3.05) is 5.32 Å². The van der Waals surface area contributed by atoms with Gasteiger partial charge in [-0.15, -0.1) is 10.2 Å². The van der Waals surface area contributed by atoms with Gasteiger partial charge in [0.15, 0.2) is 5.82 Å². The summed E-state index contributed by atoms with van der Waals surface area (Å²) in [6.45, 7) is 3.59. The Kier molecular flexibility index (Phi) is 1.19. The number of aromatic nitrogens is 3. The Morgan fingerprint density at radius 2 is 2.25 bits per heavy atom. The Morgan fingerprint density at radius 1 is 1.50 bits per heavy atom. The smallest absolute Gasteiger partial charge is 0.237 e. The Bertz CT molecular complexity index is 347. The summed E-state index contributed by atoms with van der Waals surface area (Å²) in [6, 6.07) is 0. The fourth-order valence-corrected chi connectivity index (χ4v) is 1.16. The summed E-state index contributed by atoms with van der Waals surface area (Å²) in [7, 11) is 0. The SMILES string of the molecule is CC1(C)C(=O)Nc2ncnnc21. The van der Waals surface area contributed by atoms with E-state index in [9.17, 15) is 4.79 Å². The van der Waals surface area contributed by atoms with E-state index < -0.39 is 5.41 Å². The van der Waals surface area contributed by atoms with E-state index in [1.165, 1.54) is 6.33 Å². The summed E-state index contributed by atoms with van der Waals surface area (Å²) in [6.07, 6.45) is 1.32. The van der Waals surface area contributed by atoms with Crippen LogP contribution in [-0.4, -0.2) is 21.1 Å². The highest BCUT2D eigenvalue weighted by atomic mass is 16.2. The first-order valence-corrected chi connectivity index (χ1v) is 3.62. The first kappa shape index (κ1) is 7.15. The van der Waals surface area contributed by atoms with Gasteiger partial charge in [-0.1, -0.05) is 0 Å². The molecule has 1 aromatic heterocycles. The summed E-state index contributed by atoms with van der Waals surface area (Å²) in [5, 5.41) is 10.1. The molecule has 1 aliphatic heterocycles. The van der Waals surface area contributed by atoms with Crippen molar-refractivity contribution in [2.24, 2.45) is 0 Å². The fraction of sp³-hybridized carbons (Fsp3) is 0.429. The normalized spacial score (nSPS) is 18.7. The number of nitrogens with one attached hydrogen (secondary N) is 1. The molecule has 5 nitrogen and oxygen atoms in total. The molecule has 0 bridgehead atoms. The van der Waals surface area contributed by atoms with E-state index in [-0.39, 0.29) is 5.91 Å². The molecule has 5 heteroatoms. The van der Waals surface area contributed by atoms with Crippen LogP contribution >= 0.6 is 0 Å². The Morgan fingerprint density at radius 3 is 2.92 bits per heavy atom. The van der Waals surface area contributed by atoms with Crippen LogP contribution in [0, 0.1) is 0 Å². The number of anilines is 1. The highest BCUT2D eigenvalue weighted by molar-refractivity contribution is 6.03. The van der Waals surface area contributed by atoms with Gasteiger partial charge in [-0.25, -0.2) is 4.98 Å². The van der Waals surface area contributed by atoms with E-state index in [2.05, 4.69) is 20.5 Å². The molecular formula is C7H8N4O. The van der Waals surface area contributed by atoms with Crippen molar-refractivity contribution in [3.8, 4) is 0 Å². The van der Waals surface area contributed by atoms with Gasteiger partial charge in [-0.05, 0) is 13.8 Å². The highest BCUT2D eigenvalue weighted by Gasteiger charge is 2.41. The molecule has 1 aliphatic rings. The first-order chi connectivity index (χ1) is 5.62. The van der Waals surface area contributed by atoms with Crippen molar-refractivity contribution in [1.29, 1.82) is 0 Å². The maximum Gasteiger partial charge on any atom is 0.237 e. The van der Waals surface area contributed by atoms with Crippen LogP contribution in [0.1, 0.15) is 19.5 Å². The van der Waals surface area contributed by atoms with Crippen LogP contribution < -0.4 is 5.32 Å². The standard InChI is InChI=1S/C7H8N4O/c1-7(2)4-5(10-6(7)12)8-3-9-11-4/h3H,1-2H3,(H,8,9,10,12). The largest absolute Gasteiger partial charge is 0.308 e. The van der Waals surface area contributed by atoms with Gasteiger partial charge < -0.3 is 5.32 Å². The average Bonchev–Trinajstić information content (AvgIpc) is 2.25. The lowest BCUT2D eigenvalue weighted by atomic mass is 9.91. The number of fused-ring (bicyclic) bond motifs is 1. The van der Waals surface area contributed by atoms with Crippen molar-refractivity contribution in [1.82, 2.24) is 15.2 Å². The second-order valence-corrected chi connectivity index (χ2v) is 3.24. The van der Waals surface area contributed by atoms with Crippen molar-refractivity contribution < 1.29 is 4.79 Å². The Labute approximate surface area is 69.2 Å². The first-order valence-electron chi connectivity index (χ1n) is 3.62. The van der Waals surface area contributed by atoms with Crippen LogP contribution in [0.5, 0.6) is 0 Å². The second-order valence-electron chi connectivity index (χ2n) is 3.24. The van der Waals surface area contributed by atoms with E-state index in [0.717, 1.165) is 0 Å². The monoisotopic (exact) mass is 164 g/mol. The summed E-state index contributed by atoms with van der Waals surface area (Å²) < 4.78 is 0. The molecule has 0 fully saturated rings. The number of hydrogen-bond acceptors (Lipinski definition) is 4. The molecule has 1 aromatic rings. The molecule has 0 aliphatic carbocycles. The number of nitrogens with zero attached hydrogens (tertiary/aromatic N) is 3.